The largest absolute Gasteiger partial charge is 0.454 e. The Kier molecular flexibility index (Phi) is 4.24. The predicted octanol–water partition coefficient (Wildman–Crippen LogP) is 2.64. The van der Waals surface area contributed by atoms with Gasteiger partial charge < -0.3 is 15.2 Å². The van der Waals surface area contributed by atoms with Crippen molar-refractivity contribution in [3.63, 3.8) is 0 Å². The van der Waals surface area contributed by atoms with Crippen LogP contribution in [0.2, 0.25) is 0 Å². The highest BCUT2D eigenvalue weighted by Gasteiger charge is 2.15. The molecule has 0 aliphatic carbocycles. The van der Waals surface area contributed by atoms with Gasteiger partial charge in [-0.3, -0.25) is 0 Å². The summed E-state index contributed by atoms with van der Waals surface area (Å²) in [7, 11) is 0. The van der Waals surface area contributed by atoms with Crippen molar-refractivity contribution in [1.29, 1.82) is 0 Å². The second-order valence-electron chi connectivity index (χ2n) is 3.51. The molecule has 0 fully saturated rings. The lowest BCUT2D eigenvalue weighted by Crippen LogP contribution is -2.09. The third-order valence-corrected chi connectivity index (χ3v) is 2.42. The molecule has 1 atom stereocenters. The van der Waals surface area contributed by atoms with E-state index in [0.29, 0.717) is 6.79 Å². The van der Waals surface area contributed by atoms with Gasteiger partial charge in [-0.2, -0.15) is 0 Å². The van der Waals surface area contributed by atoms with E-state index in [1.165, 1.54) is 0 Å². The summed E-state index contributed by atoms with van der Waals surface area (Å²) < 4.78 is 10.5. The summed E-state index contributed by atoms with van der Waals surface area (Å²) in [6.45, 7) is 2.45. The molecule has 84 valence electrons. The third-order valence-electron chi connectivity index (χ3n) is 2.42. The fraction of sp³-hybridized carbons (Fsp3) is 0.455. The zero-order valence-electron chi connectivity index (χ0n) is 8.73. The highest BCUT2D eigenvalue weighted by Crippen LogP contribution is 2.34. The van der Waals surface area contributed by atoms with Crippen LogP contribution in [0.4, 0.5) is 0 Å². The van der Waals surface area contributed by atoms with E-state index >= 15 is 0 Å². The molecule has 4 heteroatoms. The first-order valence-corrected chi connectivity index (χ1v) is 4.96. The van der Waals surface area contributed by atoms with Crippen molar-refractivity contribution < 1.29 is 9.47 Å². The van der Waals surface area contributed by atoms with Crippen molar-refractivity contribution in [3.05, 3.63) is 23.8 Å². The Morgan fingerprint density at radius 2 is 2.07 bits per heavy atom. The minimum Gasteiger partial charge on any atom is -0.454 e. The van der Waals surface area contributed by atoms with Crippen molar-refractivity contribution in [2.75, 3.05) is 6.79 Å². The maximum atomic E-state index is 6.00. The van der Waals surface area contributed by atoms with Gasteiger partial charge in [0.25, 0.3) is 0 Å². The summed E-state index contributed by atoms with van der Waals surface area (Å²) in [5.41, 5.74) is 7.12. The molecule has 0 radical (unpaired) electrons. The number of hydrogen-bond donors (Lipinski definition) is 1. The predicted molar refractivity (Wildman–Crippen MR) is 61.6 cm³/mol. The first-order chi connectivity index (χ1) is 6.81. The lowest BCUT2D eigenvalue weighted by atomic mass is 10.0. The molecule has 0 amide bonds. The SMILES string of the molecule is CCC[C@H](N)c1ccc2c(c1)OCO2.Cl. The van der Waals surface area contributed by atoms with E-state index < -0.39 is 0 Å². The van der Waals surface area contributed by atoms with Gasteiger partial charge in [0.15, 0.2) is 11.5 Å². The van der Waals surface area contributed by atoms with Crippen LogP contribution in [0.25, 0.3) is 0 Å². The summed E-state index contributed by atoms with van der Waals surface area (Å²) in [6, 6.07) is 6.01. The van der Waals surface area contributed by atoms with Gasteiger partial charge in [0.2, 0.25) is 6.79 Å². The molecule has 1 aliphatic heterocycles. The van der Waals surface area contributed by atoms with E-state index in [0.717, 1.165) is 29.9 Å². The zero-order chi connectivity index (χ0) is 9.97. The van der Waals surface area contributed by atoms with Gasteiger partial charge in [0.1, 0.15) is 0 Å². The van der Waals surface area contributed by atoms with E-state index in [-0.39, 0.29) is 18.4 Å². The van der Waals surface area contributed by atoms with Gasteiger partial charge in [0, 0.05) is 6.04 Å². The molecule has 0 spiro atoms. The Morgan fingerprint density at radius 3 is 2.80 bits per heavy atom. The molecule has 0 unspecified atom stereocenters. The van der Waals surface area contributed by atoms with Crippen LogP contribution in [-0.4, -0.2) is 6.79 Å². The molecule has 0 saturated carbocycles. The maximum Gasteiger partial charge on any atom is 0.231 e. The van der Waals surface area contributed by atoms with Crippen molar-refractivity contribution in [1.82, 2.24) is 0 Å². The molecule has 2 N–H and O–H groups in total. The van der Waals surface area contributed by atoms with Gasteiger partial charge >= 0.3 is 0 Å². The minimum absolute atomic E-state index is 0. The summed E-state index contributed by atoms with van der Waals surface area (Å²) >= 11 is 0. The number of benzene rings is 1. The fourth-order valence-corrected chi connectivity index (χ4v) is 1.62. The number of ether oxygens (including phenoxy) is 2. The summed E-state index contributed by atoms with van der Waals surface area (Å²) in [5, 5.41) is 0. The Morgan fingerprint density at radius 1 is 1.33 bits per heavy atom. The Balaban J connectivity index is 0.00000112. The molecule has 0 aromatic heterocycles. The smallest absolute Gasteiger partial charge is 0.231 e. The fourth-order valence-electron chi connectivity index (χ4n) is 1.62. The van der Waals surface area contributed by atoms with Crippen LogP contribution < -0.4 is 15.2 Å². The molecule has 1 aromatic carbocycles. The van der Waals surface area contributed by atoms with Gasteiger partial charge in [-0.15, -0.1) is 12.4 Å². The topological polar surface area (TPSA) is 44.5 Å². The van der Waals surface area contributed by atoms with E-state index in [1.54, 1.807) is 0 Å². The molecule has 3 nitrogen and oxygen atoms in total. The first kappa shape index (κ1) is 12.1. The molecule has 1 aromatic rings. The van der Waals surface area contributed by atoms with Crippen molar-refractivity contribution >= 4 is 12.4 Å². The van der Waals surface area contributed by atoms with Crippen molar-refractivity contribution in [2.45, 2.75) is 25.8 Å². The Bertz CT molecular complexity index is 330. The number of hydrogen-bond acceptors (Lipinski definition) is 3. The van der Waals surface area contributed by atoms with Crippen molar-refractivity contribution in [3.8, 4) is 11.5 Å². The monoisotopic (exact) mass is 229 g/mol. The molecule has 1 heterocycles. The highest BCUT2D eigenvalue weighted by molar-refractivity contribution is 5.85. The molecule has 15 heavy (non-hydrogen) atoms. The summed E-state index contributed by atoms with van der Waals surface area (Å²) in [6.07, 6.45) is 2.09. The van der Waals surface area contributed by atoms with E-state index in [2.05, 4.69) is 6.92 Å². The molecular formula is C11H16ClNO2. The Hall–Kier alpha value is -0.930. The first-order valence-electron chi connectivity index (χ1n) is 4.96. The van der Waals surface area contributed by atoms with E-state index in [4.69, 9.17) is 15.2 Å². The second kappa shape index (κ2) is 5.24. The third kappa shape index (κ3) is 2.55. The van der Waals surface area contributed by atoms with Crippen LogP contribution in [0.15, 0.2) is 18.2 Å². The van der Waals surface area contributed by atoms with E-state index in [9.17, 15) is 0 Å². The minimum atomic E-state index is 0. The van der Waals surface area contributed by atoms with Crippen LogP contribution >= 0.6 is 12.4 Å². The average molecular weight is 230 g/mol. The standard InChI is InChI=1S/C11H15NO2.ClH/c1-2-3-9(12)8-4-5-10-11(6-8)14-7-13-10;/h4-6,9H,2-3,7,12H2,1H3;1H/t9-;/m0./s1. The average Bonchev–Trinajstić information content (AvgIpc) is 2.64. The summed E-state index contributed by atoms with van der Waals surface area (Å²) in [5.74, 6) is 1.63. The van der Waals surface area contributed by atoms with Gasteiger partial charge in [-0.1, -0.05) is 19.4 Å². The van der Waals surface area contributed by atoms with Crippen LogP contribution in [0.5, 0.6) is 11.5 Å². The molecule has 2 rings (SSSR count). The number of rotatable bonds is 3. The number of fused-ring (bicyclic) bond motifs is 1. The van der Waals surface area contributed by atoms with Gasteiger partial charge in [0.05, 0.1) is 0 Å². The number of nitrogens with two attached hydrogens (primary N) is 1. The maximum absolute atomic E-state index is 6.00. The van der Waals surface area contributed by atoms with E-state index in [1.807, 2.05) is 18.2 Å². The van der Waals surface area contributed by atoms with Crippen LogP contribution in [0.3, 0.4) is 0 Å². The number of halogens is 1. The lowest BCUT2D eigenvalue weighted by molar-refractivity contribution is 0.174. The Labute approximate surface area is 96.0 Å². The molecular weight excluding hydrogens is 214 g/mol. The zero-order valence-corrected chi connectivity index (χ0v) is 9.55. The second-order valence-corrected chi connectivity index (χ2v) is 3.51. The molecule has 0 saturated heterocycles. The highest BCUT2D eigenvalue weighted by atomic mass is 35.5. The van der Waals surface area contributed by atoms with Crippen LogP contribution in [-0.2, 0) is 0 Å². The van der Waals surface area contributed by atoms with Gasteiger partial charge in [-0.25, -0.2) is 0 Å². The molecule has 1 aliphatic rings. The van der Waals surface area contributed by atoms with Crippen molar-refractivity contribution in [2.24, 2.45) is 5.73 Å². The van der Waals surface area contributed by atoms with Crippen LogP contribution in [0.1, 0.15) is 31.4 Å². The molecule has 0 bridgehead atoms. The van der Waals surface area contributed by atoms with Gasteiger partial charge in [-0.05, 0) is 24.1 Å². The lowest BCUT2D eigenvalue weighted by Gasteiger charge is -2.10. The summed E-state index contributed by atoms with van der Waals surface area (Å²) in [4.78, 5) is 0. The van der Waals surface area contributed by atoms with Crippen LogP contribution in [0, 0.1) is 0 Å². The quantitative estimate of drug-likeness (QED) is 0.867. The normalized spacial score (nSPS) is 14.5.